The molecule has 27 heavy (non-hydrogen) atoms. The number of fused-ring (bicyclic) bond motifs is 1. The summed E-state index contributed by atoms with van der Waals surface area (Å²) in [6, 6.07) is 10.1. The molecule has 1 aliphatic rings. The third-order valence-electron chi connectivity index (χ3n) is 5.54. The van der Waals surface area contributed by atoms with Gasteiger partial charge in [0.1, 0.15) is 11.3 Å². The Labute approximate surface area is 157 Å². The van der Waals surface area contributed by atoms with Crippen LogP contribution >= 0.6 is 0 Å². The predicted molar refractivity (Wildman–Crippen MR) is 106 cm³/mol. The molecule has 0 radical (unpaired) electrons. The second kappa shape index (κ2) is 7.55. The lowest BCUT2D eigenvalue weighted by molar-refractivity contribution is 0.559. The Balaban J connectivity index is 1.81. The number of benzene rings is 1. The molecule has 0 unspecified atom stereocenters. The van der Waals surface area contributed by atoms with Crippen LogP contribution in [0.4, 0.5) is 0 Å². The van der Waals surface area contributed by atoms with E-state index in [1.165, 1.54) is 17.4 Å². The second-order valence-corrected chi connectivity index (χ2v) is 7.43. The minimum Gasteiger partial charge on any atom is -0.336 e. The number of hydrogen-bond donors (Lipinski definition) is 1. The van der Waals surface area contributed by atoms with Crippen molar-refractivity contribution in [2.24, 2.45) is 0 Å². The van der Waals surface area contributed by atoms with Gasteiger partial charge in [0, 0.05) is 19.0 Å². The van der Waals surface area contributed by atoms with E-state index in [1.807, 2.05) is 25.1 Å². The number of nitrogens with one attached hydrogen (secondary N) is 1. The van der Waals surface area contributed by atoms with Crippen molar-refractivity contribution in [1.82, 2.24) is 19.1 Å². The topological polar surface area (TPSA) is 72.7 Å². The summed E-state index contributed by atoms with van der Waals surface area (Å²) < 4.78 is 3.03. The van der Waals surface area contributed by atoms with Gasteiger partial charge in [-0.3, -0.25) is 13.9 Å². The fraction of sp³-hybridized carbons (Fsp3) is 0.476. The number of nitrogens with zero attached hydrogens (tertiary/aromatic N) is 3. The van der Waals surface area contributed by atoms with Crippen LogP contribution in [0.3, 0.4) is 0 Å². The lowest BCUT2D eigenvalue weighted by Crippen LogP contribution is -2.40. The van der Waals surface area contributed by atoms with Crippen molar-refractivity contribution >= 4 is 11.2 Å². The first kappa shape index (κ1) is 17.8. The van der Waals surface area contributed by atoms with E-state index >= 15 is 0 Å². The van der Waals surface area contributed by atoms with E-state index in [1.54, 1.807) is 4.57 Å². The van der Waals surface area contributed by atoms with Crippen molar-refractivity contribution in [2.75, 3.05) is 0 Å². The van der Waals surface area contributed by atoms with E-state index in [0.29, 0.717) is 30.2 Å². The van der Waals surface area contributed by atoms with E-state index in [-0.39, 0.29) is 11.2 Å². The van der Waals surface area contributed by atoms with Gasteiger partial charge < -0.3 is 4.98 Å². The minimum absolute atomic E-state index is 0.246. The van der Waals surface area contributed by atoms with Crippen molar-refractivity contribution in [3.63, 3.8) is 0 Å². The molecule has 1 N–H and O–H groups in total. The third kappa shape index (κ3) is 3.36. The summed E-state index contributed by atoms with van der Waals surface area (Å²) in [5, 5.41) is 0. The van der Waals surface area contributed by atoms with Gasteiger partial charge in [-0.05, 0) is 31.2 Å². The van der Waals surface area contributed by atoms with Gasteiger partial charge >= 0.3 is 5.69 Å². The van der Waals surface area contributed by atoms with Crippen LogP contribution in [0, 0.1) is 0 Å². The molecule has 4 rings (SSSR count). The summed E-state index contributed by atoms with van der Waals surface area (Å²) >= 11 is 0. The highest BCUT2D eigenvalue weighted by Crippen LogP contribution is 2.32. The average Bonchev–Trinajstić information content (AvgIpc) is 3.36. The lowest BCUT2D eigenvalue weighted by atomic mass is 10.1. The molecule has 142 valence electrons. The summed E-state index contributed by atoms with van der Waals surface area (Å²) in [7, 11) is 0. The molecule has 0 amide bonds. The largest absolute Gasteiger partial charge is 0.336 e. The summed E-state index contributed by atoms with van der Waals surface area (Å²) in [6.45, 7) is 2.91. The second-order valence-electron chi connectivity index (χ2n) is 7.43. The Bertz CT molecular complexity index is 1040. The molecule has 2 heterocycles. The van der Waals surface area contributed by atoms with Crippen LogP contribution in [-0.4, -0.2) is 19.1 Å². The van der Waals surface area contributed by atoms with Gasteiger partial charge in [0.15, 0.2) is 5.65 Å². The molecule has 6 nitrogen and oxygen atoms in total. The Morgan fingerprint density at radius 2 is 1.81 bits per heavy atom. The molecule has 6 heteroatoms. The van der Waals surface area contributed by atoms with Crippen molar-refractivity contribution in [1.29, 1.82) is 0 Å². The van der Waals surface area contributed by atoms with Crippen molar-refractivity contribution in [2.45, 2.75) is 64.5 Å². The maximum atomic E-state index is 13.0. The maximum absolute atomic E-state index is 13.0. The van der Waals surface area contributed by atoms with Gasteiger partial charge in [0.05, 0.1) is 0 Å². The first-order valence-electron chi connectivity index (χ1n) is 9.96. The van der Waals surface area contributed by atoms with E-state index < -0.39 is 0 Å². The first-order valence-corrected chi connectivity index (χ1v) is 9.96. The van der Waals surface area contributed by atoms with Crippen molar-refractivity contribution < 1.29 is 0 Å². The van der Waals surface area contributed by atoms with E-state index in [2.05, 4.69) is 17.1 Å². The standard InChI is InChI=1S/C21H26N4O2/c1-2-13-25-20(26)17-19(23-18(22-17)16-10-6-7-11-16)24(21(25)27)14-12-15-8-4-3-5-9-15/h3-5,8-9,16H,2,6-7,10-14H2,1H3,(H,22,23). The van der Waals surface area contributed by atoms with Crippen LogP contribution in [0.1, 0.15) is 56.3 Å². The number of hydrogen-bond acceptors (Lipinski definition) is 3. The van der Waals surface area contributed by atoms with Gasteiger partial charge in [-0.2, -0.15) is 0 Å². The Kier molecular flexibility index (Phi) is 4.97. The monoisotopic (exact) mass is 366 g/mol. The highest BCUT2D eigenvalue weighted by Gasteiger charge is 2.23. The predicted octanol–water partition coefficient (Wildman–Crippen LogP) is 3.20. The van der Waals surface area contributed by atoms with E-state index in [4.69, 9.17) is 4.98 Å². The zero-order chi connectivity index (χ0) is 18.8. The molecule has 1 fully saturated rings. The quantitative estimate of drug-likeness (QED) is 0.728. The molecule has 3 aromatic rings. The normalized spacial score (nSPS) is 15.0. The first-order chi connectivity index (χ1) is 13.2. The number of H-pyrrole nitrogens is 1. The third-order valence-corrected chi connectivity index (χ3v) is 5.54. The smallest absolute Gasteiger partial charge is 0.332 e. The number of rotatable bonds is 6. The van der Waals surface area contributed by atoms with Crippen LogP contribution in [-0.2, 0) is 19.5 Å². The molecule has 2 aromatic heterocycles. The van der Waals surface area contributed by atoms with Gasteiger partial charge in [0.2, 0.25) is 0 Å². The fourth-order valence-electron chi connectivity index (χ4n) is 4.08. The van der Waals surface area contributed by atoms with E-state index in [9.17, 15) is 9.59 Å². The number of aromatic nitrogens is 4. The molecule has 0 saturated heterocycles. The maximum Gasteiger partial charge on any atom is 0.332 e. The zero-order valence-corrected chi connectivity index (χ0v) is 15.8. The molecule has 0 aliphatic heterocycles. The van der Waals surface area contributed by atoms with Gasteiger partial charge in [0.25, 0.3) is 5.56 Å². The zero-order valence-electron chi connectivity index (χ0n) is 15.8. The summed E-state index contributed by atoms with van der Waals surface area (Å²) in [5.74, 6) is 1.23. The van der Waals surface area contributed by atoms with Crippen LogP contribution in [0.2, 0.25) is 0 Å². The SMILES string of the molecule is CCCn1c(=O)c2[nH]c(C3CCCC3)nc2n(CCc2ccccc2)c1=O. The molecule has 0 spiro atoms. The molecular weight excluding hydrogens is 340 g/mol. The van der Waals surface area contributed by atoms with Gasteiger partial charge in [-0.15, -0.1) is 0 Å². The minimum atomic E-state index is -0.255. The average molecular weight is 366 g/mol. The molecule has 1 aliphatic carbocycles. The van der Waals surface area contributed by atoms with Gasteiger partial charge in [-0.25, -0.2) is 9.78 Å². The Morgan fingerprint density at radius 3 is 2.52 bits per heavy atom. The van der Waals surface area contributed by atoms with Gasteiger partial charge in [-0.1, -0.05) is 50.1 Å². The number of imidazole rings is 1. The molecular formula is C21H26N4O2. The molecule has 1 saturated carbocycles. The highest BCUT2D eigenvalue weighted by molar-refractivity contribution is 5.70. The van der Waals surface area contributed by atoms with Crippen LogP contribution in [0.15, 0.2) is 39.9 Å². The molecule has 1 aromatic carbocycles. The molecule has 0 bridgehead atoms. The van der Waals surface area contributed by atoms with Crippen molar-refractivity contribution in [3.05, 3.63) is 62.6 Å². The fourth-order valence-corrected chi connectivity index (χ4v) is 4.08. The lowest BCUT2D eigenvalue weighted by Gasteiger charge is -2.10. The number of aryl methyl sites for hydroxylation is 2. The number of aromatic amines is 1. The van der Waals surface area contributed by atoms with Crippen LogP contribution < -0.4 is 11.2 Å². The van der Waals surface area contributed by atoms with Crippen LogP contribution in [0.25, 0.3) is 11.2 Å². The highest BCUT2D eigenvalue weighted by atomic mass is 16.2. The Morgan fingerprint density at radius 1 is 1.07 bits per heavy atom. The Hall–Kier alpha value is -2.63. The van der Waals surface area contributed by atoms with Crippen LogP contribution in [0.5, 0.6) is 0 Å². The summed E-state index contributed by atoms with van der Waals surface area (Å²) in [6.07, 6.45) is 6.05. The summed E-state index contributed by atoms with van der Waals surface area (Å²) in [4.78, 5) is 33.9. The summed E-state index contributed by atoms with van der Waals surface area (Å²) in [5.41, 5.74) is 1.64. The van der Waals surface area contributed by atoms with E-state index in [0.717, 1.165) is 37.1 Å². The van der Waals surface area contributed by atoms with Crippen molar-refractivity contribution in [3.8, 4) is 0 Å². The molecule has 0 atom stereocenters.